The zero-order valence-corrected chi connectivity index (χ0v) is 17.0. The molecule has 0 spiro atoms. The molecule has 1 aromatic heterocycles. The highest BCUT2D eigenvalue weighted by atomic mass is 35.5. The number of methoxy groups -OCH3 is 1. The number of nitrogens with zero attached hydrogens (tertiary/aromatic N) is 2. The van der Waals surface area contributed by atoms with Crippen molar-refractivity contribution in [2.45, 2.75) is 11.3 Å². The van der Waals surface area contributed by atoms with Crippen molar-refractivity contribution >= 4 is 57.1 Å². The molecule has 1 heterocycles. The van der Waals surface area contributed by atoms with Crippen molar-refractivity contribution < 1.29 is 9.53 Å². The van der Waals surface area contributed by atoms with Crippen molar-refractivity contribution in [3.63, 3.8) is 0 Å². The van der Waals surface area contributed by atoms with E-state index in [1.54, 1.807) is 13.2 Å². The molecule has 6 nitrogen and oxygen atoms in total. The van der Waals surface area contributed by atoms with Crippen LogP contribution >= 0.6 is 34.7 Å². The number of anilines is 3. The predicted molar refractivity (Wildman–Crippen MR) is 112 cm³/mol. The second-order valence-corrected chi connectivity index (χ2v) is 8.13. The van der Waals surface area contributed by atoms with Crippen LogP contribution in [0.3, 0.4) is 0 Å². The smallest absolute Gasteiger partial charge is 0.234 e. The Labute approximate surface area is 170 Å². The van der Waals surface area contributed by atoms with Crippen molar-refractivity contribution in [1.29, 1.82) is 0 Å². The fourth-order valence-electron chi connectivity index (χ4n) is 2.11. The van der Waals surface area contributed by atoms with Gasteiger partial charge in [-0.3, -0.25) is 4.79 Å². The zero-order valence-electron chi connectivity index (χ0n) is 14.7. The number of carbonyl (C=O) groups excluding carboxylic acids is 1. The molecule has 0 aliphatic heterocycles. The molecule has 0 radical (unpaired) electrons. The summed E-state index contributed by atoms with van der Waals surface area (Å²) < 4.78 is 5.84. The molecular formula is C18H17ClN4O2S2. The van der Waals surface area contributed by atoms with Crippen LogP contribution in [0.25, 0.3) is 0 Å². The van der Waals surface area contributed by atoms with Gasteiger partial charge in [0, 0.05) is 16.4 Å². The summed E-state index contributed by atoms with van der Waals surface area (Å²) in [5.41, 5.74) is 2.53. The standard InChI is InChI=1S/C18H17ClN4O2S2/c1-11-3-4-13(9-15(11)19)20-16(24)10-26-18-23-22-17(27-18)21-12-5-7-14(25-2)8-6-12/h3-9H,10H2,1-2H3,(H,20,24)(H,21,22). The van der Waals surface area contributed by atoms with Gasteiger partial charge in [0.15, 0.2) is 4.34 Å². The first-order chi connectivity index (χ1) is 13.0. The third-order valence-electron chi connectivity index (χ3n) is 3.53. The van der Waals surface area contributed by atoms with Crippen LogP contribution in [-0.4, -0.2) is 29.0 Å². The number of carbonyl (C=O) groups is 1. The van der Waals surface area contributed by atoms with E-state index in [1.807, 2.05) is 43.3 Å². The molecule has 0 fully saturated rings. The number of rotatable bonds is 7. The number of aryl methyl sites for hydroxylation is 1. The summed E-state index contributed by atoms with van der Waals surface area (Å²) in [7, 11) is 1.63. The third-order valence-corrected chi connectivity index (χ3v) is 5.91. The van der Waals surface area contributed by atoms with Crippen LogP contribution in [0.2, 0.25) is 5.02 Å². The van der Waals surface area contributed by atoms with E-state index in [0.29, 0.717) is 20.2 Å². The lowest BCUT2D eigenvalue weighted by molar-refractivity contribution is -0.113. The third kappa shape index (κ3) is 5.59. The summed E-state index contributed by atoms with van der Waals surface area (Å²) in [6, 6.07) is 12.9. The first-order valence-corrected chi connectivity index (χ1v) is 10.1. The predicted octanol–water partition coefficient (Wildman–Crippen LogP) is 4.98. The lowest BCUT2D eigenvalue weighted by atomic mass is 10.2. The first-order valence-electron chi connectivity index (χ1n) is 7.97. The maximum atomic E-state index is 12.1. The number of hydrogen-bond donors (Lipinski definition) is 2. The lowest BCUT2D eigenvalue weighted by Crippen LogP contribution is -2.13. The normalized spacial score (nSPS) is 10.5. The Bertz CT molecular complexity index is 931. The van der Waals surface area contributed by atoms with Gasteiger partial charge in [0.2, 0.25) is 11.0 Å². The van der Waals surface area contributed by atoms with Crippen LogP contribution in [0, 0.1) is 6.92 Å². The molecule has 0 bridgehead atoms. The molecule has 0 saturated heterocycles. The fraction of sp³-hybridized carbons (Fsp3) is 0.167. The largest absolute Gasteiger partial charge is 0.497 e. The Balaban J connectivity index is 1.51. The summed E-state index contributed by atoms with van der Waals surface area (Å²) in [5, 5.41) is 15.5. The molecule has 0 saturated carbocycles. The minimum Gasteiger partial charge on any atom is -0.497 e. The van der Waals surface area contributed by atoms with Crippen LogP contribution < -0.4 is 15.4 Å². The summed E-state index contributed by atoms with van der Waals surface area (Å²) in [6.45, 7) is 1.91. The number of aromatic nitrogens is 2. The molecule has 0 atom stereocenters. The number of halogens is 1. The van der Waals surface area contributed by atoms with E-state index in [2.05, 4.69) is 20.8 Å². The summed E-state index contributed by atoms with van der Waals surface area (Å²) in [4.78, 5) is 12.1. The van der Waals surface area contributed by atoms with Crippen molar-refractivity contribution in [1.82, 2.24) is 10.2 Å². The number of benzene rings is 2. The number of nitrogens with one attached hydrogen (secondary N) is 2. The van der Waals surface area contributed by atoms with Gasteiger partial charge in [-0.1, -0.05) is 40.8 Å². The van der Waals surface area contributed by atoms with Crippen LogP contribution in [0.15, 0.2) is 46.8 Å². The van der Waals surface area contributed by atoms with Gasteiger partial charge in [-0.05, 0) is 48.9 Å². The summed E-state index contributed by atoms with van der Waals surface area (Å²) in [5.74, 6) is 0.901. The van der Waals surface area contributed by atoms with Gasteiger partial charge in [-0.15, -0.1) is 10.2 Å². The highest BCUT2D eigenvalue weighted by Gasteiger charge is 2.09. The Kier molecular flexibility index (Phi) is 6.54. The van der Waals surface area contributed by atoms with E-state index < -0.39 is 0 Å². The SMILES string of the molecule is COc1ccc(Nc2nnc(SCC(=O)Nc3ccc(C)c(Cl)c3)s2)cc1. The van der Waals surface area contributed by atoms with Crippen molar-refractivity contribution in [2.24, 2.45) is 0 Å². The van der Waals surface area contributed by atoms with Gasteiger partial charge in [-0.2, -0.15) is 0 Å². The molecule has 9 heteroatoms. The Morgan fingerprint density at radius 2 is 1.93 bits per heavy atom. The van der Waals surface area contributed by atoms with Gasteiger partial charge in [0.05, 0.1) is 12.9 Å². The molecule has 2 aromatic carbocycles. The summed E-state index contributed by atoms with van der Waals surface area (Å²) >= 11 is 8.79. The quantitative estimate of drug-likeness (QED) is 0.525. The molecule has 3 aromatic rings. The summed E-state index contributed by atoms with van der Waals surface area (Å²) in [6.07, 6.45) is 0. The van der Waals surface area contributed by atoms with Crippen molar-refractivity contribution in [3.05, 3.63) is 53.1 Å². The van der Waals surface area contributed by atoms with E-state index in [9.17, 15) is 4.79 Å². The number of thioether (sulfide) groups is 1. The van der Waals surface area contributed by atoms with Gasteiger partial charge in [0.1, 0.15) is 5.75 Å². The van der Waals surface area contributed by atoms with Gasteiger partial charge < -0.3 is 15.4 Å². The van der Waals surface area contributed by atoms with Crippen LogP contribution in [-0.2, 0) is 4.79 Å². The highest BCUT2D eigenvalue weighted by molar-refractivity contribution is 8.01. The molecular weight excluding hydrogens is 404 g/mol. The molecule has 0 aliphatic rings. The van der Waals surface area contributed by atoms with E-state index in [4.69, 9.17) is 16.3 Å². The second-order valence-electron chi connectivity index (χ2n) is 5.53. The minimum atomic E-state index is -0.125. The van der Waals surface area contributed by atoms with Crippen LogP contribution in [0.5, 0.6) is 5.75 Å². The second kappa shape index (κ2) is 9.07. The molecule has 3 rings (SSSR count). The topological polar surface area (TPSA) is 76.1 Å². The lowest BCUT2D eigenvalue weighted by Gasteiger charge is -2.06. The van der Waals surface area contributed by atoms with E-state index >= 15 is 0 Å². The van der Waals surface area contributed by atoms with Crippen LogP contribution in [0.1, 0.15) is 5.56 Å². The zero-order chi connectivity index (χ0) is 19.2. The monoisotopic (exact) mass is 420 g/mol. The molecule has 1 amide bonds. The molecule has 2 N–H and O–H groups in total. The molecule has 27 heavy (non-hydrogen) atoms. The molecule has 0 aliphatic carbocycles. The Morgan fingerprint density at radius 1 is 1.19 bits per heavy atom. The fourth-order valence-corrected chi connectivity index (χ4v) is 3.86. The Hall–Kier alpha value is -2.29. The molecule has 140 valence electrons. The average Bonchev–Trinajstić information content (AvgIpc) is 3.11. The number of amides is 1. The maximum Gasteiger partial charge on any atom is 0.234 e. The highest BCUT2D eigenvalue weighted by Crippen LogP contribution is 2.28. The van der Waals surface area contributed by atoms with E-state index in [1.165, 1.54) is 23.1 Å². The minimum absolute atomic E-state index is 0.125. The van der Waals surface area contributed by atoms with E-state index in [-0.39, 0.29) is 11.7 Å². The van der Waals surface area contributed by atoms with E-state index in [0.717, 1.165) is 17.0 Å². The molecule has 0 unspecified atom stereocenters. The van der Waals surface area contributed by atoms with Crippen LogP contribution in [0.4, 0.5) is 16.5 Å². The van der Waals surface area contributed by atoms with Gasteiger partial charge >= 0.3 is 0 Å². The van der Waals surface area contributed by atoms with Crippen molar-refractivity contribution in [3.8, 4) is 5.75 Å². The first kappa shape index (κ1) is 19.5. The number of ether oxygens (including phenoxy) is 1. The van der Waals surface area contributed by atoms with Gasteiger partial charge in [-0.25, -0.2) is 0 Å². The Morgan fingerprint density at radius 3 is 2.63 bits per heavy atom. The average molecular weight is 421 g/mol. The van der Waals surface area contributed by atoms with Crippen molar-refractivity contribution in [2.75, 3.05) is 23.5 Å². The maximum absolute atomic E-state index is 12.1. The van der Waals surface area contributed by atoms with Gasteiger partial charge in [0.25, 0.3) is 0 Å². The number of hydrogen-bond acceptors (Lipinski definition) is 7.